The van der Waals surface area contributed by atoms with Crippen LogP contribution in [0, 0.1) is 0 Å². The summed E-state index contributed by atoms with van der Waals surface area (Å²) in [6, 6.07) is 8.33. The van der Waals surface area contributed by atoms with Crippen molar-refractivity contribution < 1.29 is 9.59 Å². The zero-order chi connectivity index (χ0) is 12.3. The van der Waals surface area contributed by atoms with Crippen LogP contribution in [0.4, 0.5) is 4.79 Å². The van der Waals surface area contributed by atoms with Crippen molar-refractivity contribution in [2.45, 2.75) is 12.5 Å². The van der Waals surface area contributed by atoms with E-state index in [4.69, 9.17) is 5.73 Å². The lowest BCUT2D eigenvalue weighted by atomic mass is 10.1. The first-order chi connectivity index (χ1) is 8.24. The maximum atomic E-state index is 12.0. The Morgan fingerprint density at radius 3 is 2.59 bits per heavy atom. The summed E-state index contributed by atoms with van der Waals surface area (Å²) in [5.41, 5.74) is 6.18. The maximum absolute atomic E-state index is 12.0. The molecule has 90 valence electrons. The molecule has 1 fully saturated rings. The average Bonchev–Trinajstić information content (AvgIpc) is 2.64. The van der Waals surface area contributed by atoms with Crippen molar-refractivity contribution in [3.63, 3.8) is 0 Å². The number of carbonyl (C=O) groups excluding carboxylic acids is 2. The van der Waals surface area contributed by atoms with E-state index in [2.05, 4.69) is 5.32 Å². The summed E-state index contributed by atoms with van der Waals surface area (Å²) in [4.78, 5) is 24.9. The Balaban J connectivity index is 2.13. The van der Waals surface area contributed by atoms with E-state index >= 15 is 0 Å². The van der Waals surface area contributed by atoms with Crippen LogP contribution in [0.5, 0.6) is 0 Å². The van der Waals surface area contributed by atoms with E-state index in [1.807, 2.05) is 30.3 Å². The molecule has 0 aliphatic carbocycles. The summed E-state index contributed by atoms with van der Waals surface area (Å²) in [7, 11) is 0. The van der Waals surface area contributed by atoms with E-state index in [-0.39, 0.29) is 11.9 Å². The molecule has 3 N–H and O–H groups in total. The topological polar surface area (TPSA) is 75.4 Å². The van der Waals surface area contributed by atoms with Crippen molar-refractivity contribution in [3.8, 4) is 0 Å². The van der Waals surface area contributed by atoms with Gasteiger partial charge in [-0.2, -0.15) is 0 Å². The highest BCUT2D eigenvalue weighted by Crippen LogP contribution is 2.21. The fourth-order valence-corrected chi connectivity index (χ4v) is 1.85. The molecule has 1 saturated heterocycles. The van der Waals surface area contributed by atoms with Crippen molar-refractivity contribution >= 4 is 11.9 Å². The van der Waals surface area contributed by atoms with Crippen LogP contribution in [0.15, 0.2) is 30.3 Å². The normalized spacial score (nSPS) is 19.6. The molecule has 5 heteroatoms. The zero-order valence-electron chi connectivity index (χ0n) is 9.43. The number of imide groups is 1. The fourth-order valence-electron chi connectivity index (χ4n) is 1.85. The molecule has 0 aromatic heterocycles. The van der Waals surface area contributed by atoms with Crippen molar-refractivity contribution in [1.82, 2.24) is 10.2 Å². The van der Waals surface area contributed by atoms with Gasteiger partial charge in [-0.3, -0.25) is 9.69 Å². The Morgan fingerprint density at radius 1 is 1.24 bits per heavy atom. The standard InChI is InChI=1S/C12H15N3O2/c13-7-4-8-15-11(16)10(14-12(15)17)9-5-2-1-3-6-9/h1-3,5-6,10H,4,7-8,13H2,(H,14,17)/t10-/m1/s1. The molecular weight excluding hydrogens is 218 g/mol. The van der Waals surface area contributed by atoms with Crippen LogP contribution in [-0.4, -0.2) is 29.9 Å². The van der Waals surface area contributed by atoms with Crippen LogP contribution in [-0.2, 0) is 4.79 Å². The lowest BCUT2D eigenvalue weighted by molar-refractivity contribution is -0.127. The highest BCUT2D eigenvalue weighted by molar-refractivity contribution is 6.04. The Hall–Kier alpha value is -1.88. The number of urea groups is 1. The van der Waals surface area contributed by atoms with Gasteiger partial charge >= 0.3 is 6.03 Å². The number of nitrogens with one attached hydrogen (secondary N) is 1. The molecule has 5 nitrogen and oxygen atoms in total. The summed E-state index contributed by atoms with van der Waals surface area (Å²) in [6.45, 7) is 0.845. The molecule has 1 aliphatic heterocycles. The third-order valence-electron chi connectivity index (χ3n) is 2.74. The smallest absolute Gasteiger partial charge is 0.325 e. The molecule has 0 spiro atoms. The molecule has 2 rings (SSSR count). The Kier molecular flexibility index (Phi) is 3.39. The second kappa shape index (κ2) is 4.97. The van der Waals surface area contributed by atoms with Crippen molar-refractivity contribution in [1.29, 1.82) is 0 Å². The van der Waals surface area contributed by atoms with Crippen LogP contribution in [0.3, 0.4) is 0 Å². The molecule has 0 saturated carbocycles. The largest absolute Gasteiger partial charge is 0.330 e. The average molecular weight is 233 g/mol. The summed E-state index contributed by atoms with van der Waals surface area (Å²) in [5, 5.41) is 2.68. The van der Waals surface area contributed by atoms with Gasteiger partial charge in [0, 0.05) is 6.54 Å². The minimum Gasteiger partial charge on any atom is -0.330 e. The van der Waals surface area contributed by atoms with Gasteiger partial charge in [-0.1, -0.05) is 30.3 Å². The minimum atomic E-state index is -0.554. The number of benzene rings is 1. The van der Waals surface area contributed by atoms with Crippen LogP contribution >= 0.6 is 0 Å². The van der Waals surface area contributed by atoms with Gasteiger partial charge in [0.1, 0.15) is 6.04 Å². The summed E-state index contributed by atoms with van der Waals surface area (Å²) >= 11 is 0. The number of hydrogen-bond acceptors (Lipinski definition) is 3. The predicted molar refractivity (Wildman–Crippen MR) is 63.1 cm³/mol. The first-order valence-electron chi connectivity index (χ1n) is 5.61. The molecule has 0 unspecified atom stereocenters. The molecule has 3 amide bonds. The van der Waals surface area contributed by atoms with E-state index < -0.39 is 6.04 Å². The molecule has 0 bridgehead atoms. The number of nitrogens with zero attached hydrogens (tertiary/aromatic N) is 1. The van der Waals surface area contributed by atoms with Crippen LogP contribution < -0.4 is 11.1 Å². The van der Waals surface area contributed by atoms with Crippen LogP contribution in [0.1, 0.15) is 18.0 Å². The molecule has 1 atom stereocenters. The monoisotopic (exact) mass is 233 g/mol. The van der Waals surface area contributed by atoms with E-state index in [1.165, 1.54) is 4.90 Å². The predicted octanol–water partition coefficient (Wildman–Crippen LogP) is 0.628. The number of nitrogens with two attached hydrogens (primary N) is 1. The van der Waals surface area contributed by atoms with Gasteiger partial charge in [0.05, 0.1) is 0 Å². The molecule has 1 heterocycles. The van der Waals surface area contributed by atoms with Gasteiger partial charge in [0.2, 0.25) is 0 Å². The number of hydrogen-bond donors (Lipinski definition) is 2. The van der Waals surface area contributed by atoms with E-state index in [1.54, 1.807) is 0 Å². The quantitative estimate of drug-likeness (QED) is 0.749. The van der Waals surface area contributed by atoms with E-state index in [0.29, 0.717) is 19.5 Å². The second-order valence-electron chi connectivity index (χ2n) is 3.93. The van der Waals surface area contributed by atoms with Gasteiger partial charge in [-0.05, 0) is 18.5 Å². The highest BCUT2D eigenvalue weighted by atomic mass is 16.2. The fraction of sp³-hybridized carbons (Fsp3) is 0.333. The molecular formula is C12H15N3O2. The lowest BCUT2D eigenvalue weighted by Crippen LogP contribution is -2.32. The Bertz CT molecular complexity index is 419. The molecule has 1 aromatic rings. The Morgan fingerprint density at radius 2 is 1.94 bits per heavy atom. The van der Waals surface area contributed by atoms with E-state index in [0.717, 1.165) is 5.56 Å². The summed E-state index contributed by atoms with van der Waals surface area (Å²) in [6.07, 6.45) is 0.626. The summed E-state index contributed by atoms with van der Waals surface area (Å²) < 4.78 is 0. The van der Waals surface area contributed by atoms with Crippen LogP contribution in [0.2, 0.25) is 0 Å². The van der Waals surface area contributed by atoms with Gasteiger partial charge in [-0.25, -0.2) is 4.79 Å². The molecule has 17 heavy (non-hydrogen) atoms. The second-order valence-corrected chi connectivity index (χ2v) is 3.93. The SMILES string of the molecule is NCCCN1C(=O)N[C@H](c2ccccc2)C1=O. The minimum absolute atomic E-state index is 0.199. The first kappa shape index (κ1) is 11.6. The third kappa shape index (κ3) is 2.29. The zero-order valence-corrected chi connectivity index (χ0v) is 9.43. The van der Waals surface area contributed by atoms with Gasteiger partial charge < -0.3 is 11.1 Å². The van der Waals surface area contributed by atoms with Gasteiger partial charge in [0.15, 0.2) is 0 Å². The number of amides is 3. The summed E-state index contributed by atoms with van der Waals surface area (Å²) in [5.74, 6) is -0.199. The van der Waals surface area contributed by atoms with Gasteiger partial charge in [-0.15, -0.1) is 0 Å². The molecule has 0 radical (unpaired) electrons. The molecule has 1 aliphatic rings. The van der Waals surface area contributed by atoms with Crippen LogP contribution in [0.25, 0.3) is 0 Å². The third-order valence-corrected chi connectivity index (χ3v) is 2.74. The maximum Gasteiger partial charge on any atom is 0.325 e. The first-order valence-corrected chi connectivity index (χ1v) is 5.61. The van der Waals surface area contributed by atoms with Crippen molar-refractivity contribution in [3.05, 3.63) is 35.9 Å². The Labute approximate surface area is 99.6 Å². The lowest BCUT2D eigenvalue weighted by Gasteiger charge is -2.12. The number of rotatable bonds is 4. The van der Waals surface area contributed by atoms with Gasteiger partial charge in [0.25, 0.3) is 5.91 Å². The van der Waals surface area contributed by atoms with Crippen molar-refractivity contribution in [2.75, 3.05) is 13.1 Å². The highest BCUT2D eigenvalue weighted by Gasteiger charge is 2.38. The molecule has 1 aromatic carbocycles. The van der Waals surface area contributed by atoms with Crippen molar-refractivity contribution in [2.24, 2.45) is 5.73 Å². The number of carbonyl (C=O) groups is 2. The van der Waals surface area contributed by atoms with E-state index in [9.17, 15) is 9.59 Å².